The average Bonchev–Trinajstić information content (AvgIpc) is 2.72. The quantitative estimate of drug-likeness (QED) is 0.732. The van der Waals surface area contributed by atoms with Gasteiger partial charge in [-0.3, -0.25) is 4.79 Å². The Labute approximate surface area is 167 Å². The molecule has 2 aromatic heterocycles. The normalized spacial score (nSPS) is 19.6. The van der Waals surface area contributed by atoms with Crippen LogP contribution in [0.5, 0.6) is 0 Å². The fraction of sp³-hybridized carbons (Fsp3) is 0.444. The van der Waals surface area contributed by atoms with Crippen molar-refractivity contribution < 1.29 is 26.7 Å². The second-order valence-corrected chi connectivity index (χ2v) is 7.01. The molecule has 2 aliphatic heterocycles. The molecule has 30 heavy (non-hydrogen) atoms. The van der Waals surface area contributed by atoms with E-state index in [4.69, 9.17) is 0 Å². The minimum Gasteiger partial charge on any atom is -0.354 e. The average molecular weight is 428 g/mol. The number of nitrogens with one attached hydrogen (secondary N) is 2. The predicted molar refractivity (Wildman–Crippen MR) is 97.3 cm³/mol. The van der Waals surface area contributed by atoms with Crippen LogP contribution in [0.25, 0.3) is 11.4 Å². The molecule has 0 saturated carbocycles. The summed E-state index contributed by atoms with van der Waals surface area (Å²) in [4.78, 5) is 25.6. The standard InChI is InChI=1S/C18H17F5N6O/c19-16(20)10-7-13(30)28-17-14(10)15(25-8-26-17)11-5-9(18(21,22)23)6-12(27-11)29-3-1-24-2-4-29/h5-6,8,10,16,24H,1-4,7H2,(H,25,26,28,30)/t10-/m1/s1. The number of carbonyl (C=O) groups is 1. The van der Waals surface area contributed by atoms with Gasteiger partial charge in [0.15, 0.2) is 0 Å². The van der Waals surface area contributed by atoms with E-state index in [1.165, 1.54) is 0 Å². The van der Waals surface area contributed by atoms with Crippen molar-refractivity contribution in [2.45, 2.75) is 24.9 Å². The van der Waals surface area contributed by atoms with Gasteiger partial charge in [-0.15, -0.1) is 0 Å². The van der Waals surface area contributed by atoms with E-state index in [-0.39, 0.29) is 28.6 Å². The number of fused-ring (bicyclic) bond motifs is 1. The van der Waals surface area contributed by atoms with Crippen LogP contribution in [0.1, 0.15) is 23.5 Å². The van der Waals surface area contributed by atoms with Crippen LogP contribution in [0.2, 0.25) is 0 Å². The van der Waals surface area contributed by atoms with Gasteiger partial charge < -0.3 is 15.5 Å². The van der Waals surface area contributed by atoms with Gasteiger partial charge in [0.25, 0.3) is 0 Å². The molecule has 0 aromatic carbocycles. The number of alkyl halides is 5. The Kier molecular flexibility index (Phi) is 5.26. The van der Waals surface area contributed by atoms with E-state index in [2.05, 4.69) is 25.6 Å². The summed E-state index contributed by atoms with van der Waals surface area (Å²) in [6, 6.07) is 1.72. The predicted octanol–water partition coefficient (Wildman–Crippen LogP) is 2.66. The van der Waals surface area contributed by atoms with E-state index in [0.717, 1.165) is 18.5 Å². The van der Waals surface area contributed by atoms with Gasteiger partial charge in [-0.25, -0.2) is 23.7 Å². The lowest BCUT2D eigenvalue weighted by Gasteiger charge is -2.30. The summed E-state index contributed by atoms with van der Waals surface area (Å²) in [5.41, 5.74) is -1.40. The lowest BCUT2D eigenvalue weighted by molar-refractivity contribution is -0.137. The van der Waals surface area contributed by atoms with Crippen molar-refractivity contribution in [3.8, 4) is 11.4 Å². The maximum atomic E-state index is 13.7. The number of aromatic nitrogens is 3. The molecular weight excluding hydrogens is 411 g/mol. The largest absolute Gasteiger partial charge is 0.416 e. The molecular formula is C18H17F5N6O. The molecule has 4 heterocycles. The second-order valence-electron chi connectivity index (χ2n) is 7.01. The van der Waals surface area contributed by atoms with Gasteiger partial charge in [0, 0.05) is 38.2 Å². The Balaban J connectivity index is 1.88. The summed E-state index contributed by atoms with van der Waals surface area (Å²) >= 11 is 0. The first-order valence-electron chi connectivity index (χ1n) is 9.22. The number of nitrogens with zero attached hydrogens (tertiary/aromatic N) is 4. The summed E-state index contributed by atoms with van der Waals surface area (Å²) in [7, 11) is 0. The monoisotopic (exact) mass is 428 g/mol. The molecule has 1 fully saturated rings. The van der Waals surface area contributed by atoms with Crippen molar-refractivity contribution in [2.24, 2.45) is 0 Å². The van der Waals surface area contributed by atoms with Gasteiger partial charge in [-0.1, -0.05) is 0 Å². The van der Waals surface area contributed by atoms with Gasteiger partial charge in [0.05, 0.1) is 22.9 Å². The Hall–Kier alpha value is -2.89. The van der Waals surface area contributed by atoms with E-state index in [0.29, 0.717) is 26.2 Å². The summed E-state index contributed by atoms with van der Waals surface area (Å²) in [5.74, 6) is -2.23. The number of piperazine rings is 1. The number of hydrogen-bond donors (Lipinski definition) is 2. The van der Waals surface area contributed by atoms with Crippen LogP contribution in [0, 0.1) is 0 Å². The number of amides is 1. The highest BCUT2D eigenvalue weighted by Crippen LogP contribution is 2.41. The second kappa shape index (κ2) is 7.74. The van der Waals surface area contributed by atoms with Crippen LogP contribution in [0.15, 0.2) is 18.5 Å². The molecule has 160 valence electrons. The van der Waals surface area contributed by atoms with Crippen LogP contribution < -0.4 is 15.5 Å². The van der Waals surface area contributed by atoms with Crippen LogP contribution in [-0.4, -0.2) is 53.5 Å². The highest BCUT2D eigenvalue weighted by molar-refractivity contribution is 5.95. The summed E-state index contributed by atoms with van der Waals surface area (Å²) in [6.07, 6.45) is -7.09. The number of hydrogen-bond acceptors (Lipinski definition) is 6. The van der Waals surface area contributed by atoms with Crippen molar-refractivity contribution in [1.29, 1.82) is 0 Å². The van der Waals surface area contributed by atoms with Gasteiger partial charge in [-0.05, 0) is 12.1 Å². The molecule has 7 nitrogen and oxygen atoms in total. The van der Waals surface area contributed by atoms with E-state index in [9.17, 15) is 26.7 Å². The zero-order valence-corrected chi connectivity index (χ0v) is 15.5. The zero-order valence-electron chi connectivity index (χ0n) is 15.5. The van der Waals surface area contributed by atoms with E-state index >= 15 is 0 Å². The SMILES string of the molecule is O=C1C[C@@H](C(F)F)c2c(ncnc2-c2cc(C(F)(F)F)cc(N3CCNCC3)n2)N1. The number of anilines is 2. The van der Waals surface area contributed by atoms with Gasteiger partial charge in [-0.2, -0.15) is 13.2 Å². The molecule has 2 aromatic rings. The van der Waals surface area contributed by atoms with Crippen LogP contribution >= 0.6 is 0 Å². The number of halogens is 5. The van der Waals surface area contributed by atoms with Gasteiger partial charge in [0.2, 0.25) is 12.3 Å². The summed E-state index contributed by atoms with van der Waals surface area (Å²) in [6.45, 7) is 2.06. The Morgan fingerprint density at radius 3 is 2.53 bits per heavy atom. The maximum absolute atomic E-state index is 13.7. The summed E-state index contributed by atoms with van der Waals surface area (Å²) in [5, 5.41) is 5.49. The lowest BCUT2D eigenvalue weighted by atomic mass is 9.90. The smallest absolute Gasteiger partial charge is 0.354 e. The third-order valence-electron chi connectivity index (χ3n) is 5.04. The number of carbonyl (C=O) groups excluding carboxylic acids is 1. The minimum atomic E-state index is -4.66. The Morgan fingerprint density at radius 2 is 1.87 bits per heavy atom. The first-order chi connectivity index (χ1) is 14.2. The highest BCUT2D eigenvalue weighted by Gasteiger charge is 2.37. The van der Waals surface area contributed by atoms with E-state index in [1.807, 2.05) is 0 Å². The van der Waals surface area contributed by atoms with Crippen molar-refractivity contribution >= 4 is 17.5 Å². The molecule has 2 aliphatic rings. The molecule has 0 unspecified atom stereocenters. The van der Waals surface area contributed by atoms with Gasteiger partial charge in [0.1, 0.15) is 18.0 Å². The molecule has 2 N–H and O–H groups in total. The van der Waals surface area contributed by atoms with Crippen LogP contribution in [0.4, 0.5) is 33.6 Å². The lowest BCUT2D eigenvalue weighted by Crippen LogP contribution is -2.44. The maximum Gasteiger partial charge on any atom is 0.416 e. The zero-order chi connectivity index (χ0) is 21.5. The molecule has 12 heteroatoms. The van der Waals surface area contributed by atoms with Crippen molar-refractivity contribution in [1.82, 2.24) is 20.3 Å². The minimum absolute atomic E-state index is 0.0853. The third-order valence-corrected chi connectivity index (χ3v) is 5.04. The van der Waals surface area contributed by atoms with E-state index < -0.39 is 36.4 Å². The molecule has 0 spiro atoms. The fourth-order valence-corrected chi connectivity index (χ4v) is 3.61. The van der Waals surface area contributed by atoms with Gasteiger partial charge >= 0.3 is 6.18 Å². The Morgan fingerprint density at radius 1 is 1.13 bits per heavy atom. The number of pyridine rings is 1. The first-order valence-corrected chi connectivity index (χ1v) is 9.22. The molecule has 4 rings (SSSR count). The first kappa shape index (κ1) is 20.4. The van der Waals surface area contributed by atoms with Crippen molar-refractivity contribution in [3.63, 3.8) is 0 Å². The molecule has 1 amide bonds. The summed E-state index contributed by atoms with van der Waals surface area (Å²) < 4.78 is 68.0. The molecule has 0 aliphatic carbocycles. The third kappa shape index (κ3) is 3.91. The van der Waals surface area contributed by atoms with Crippen LogP contribution in [-0.2, 0) is 11.0 Å². The highest BCUT2D eigenvalue weighted by atomic mass is 19.4. The van der Waals surface area contributed by atoms with Crippen LogP contribution in [0.3, 0.4) is 0 Å². The molecule has 0 bridgehead atoms. The Bertz CT molecular complexity index is 961. The molecule has 1 atom stereocenters. The molecule has 1 saturated heterocycles. The van der Waals surface area contributed by atoms with Crippen molar-refractivity contribution in [3.05, 3.63) is 29.6 Å². The van der Waals surface area contributed by atoms with Crippen molar-refractivity contribution in [2.75, 3.05) is 36.4 Å². The topological polar surface area (TPSA) is 83.0 Å². The molecule has 0 radical (unpaired) electrons. The fourth-order valence-electron chi connectivity index (χ4n) is 3.61. The number of rotatable bonds is 3. The van der Waals surface area contributed by atoms with E-state index in [1.54, 1.807) is 4.90 Å².